The van der Waals surface area contributed by atoms with Gasteiger partial charge in [-0.3, -0.25) is 4.79 Å². The Bertz CT molecular complexity index is 781. The predicted molar refractivity (Wildman–Crippen MR) is 97.4 cm³/mol. The molecule has 138 valence electrons. The van der Waals surface area contributed by atoms with E-state index in [2.05, 4.69) is 14.9 Å². The van der Waals surface area contributed by atoms with Crippen molar-refractivity contribution in [2.75, 3.05) is 39.3 Å². The number of Topliss-reactive ketones (excluding diaryl/α,β-unsaturated/α-hetero) is 1. The van der Waals surface area contributed by atoms with Crippen LogP contribution in [0.15, 0.2) is 30.6 Å². The number of ether oxygens (including phenoxy) is 3. The first-order valence-corrected chi connectivity index (χ1v) is 8.53. The summed E-state index contributed by atoms with van der Waals surface area (Å²) < 4.78 is 15.7. The molecule has 1 saturated heterocycles. The zero-order chi connectivity index (χ0) is 18.5. The summed E-state index contributed by atoms with van der Waals surface area (Å²) in [6.45, 7) is 1.48. The van der Waals surface area contributed by atoms with Crippen molar-refractivity contribution in [3.05, 3.63) is 36.2 Å². The van der Waals surface area contributed by atoms with E-state index in [4.69, 9.17) is 14.2 Å². The van der Waals surface area contributed by atoms with Crippen molar-refractivity contribution < 1.29 is 19.0 Å². The van der Waals surface area contributed by atoms with Crippen LogP contribution in [0.5, 0.6) is 17.4 Å². The van der Waals surface area contributed by atoms with Crippen molar-refractivity contribution >= 4 is 11.6 Å². The fraction of sp³-hybridized carbons (Fsp3) is 0.421. The van der Waals surface area contributed by atoms with Gasteiger partial charge in [0.25, 0.3) is 0 Å². The van der Waals surface area contributed by atoms with Gasteiger partial charge in [-0.2, -0.15) is 0 Å². The Hall–Kier alpha value is -2.83. The highest BCUT2D eigenvalue weighted by atomic mass is 16.5. The Kier molecular flexibility index (Phi) is 5.55. The van der Waals surface area contributed by atoms with Gasteiger partial charge in [0.1, 0.15) is 12.1 Å². The second-order valence-corrected chi connectivity index (χ2v) is 6.14. The molecule has 3 rings (SSSR count). The van der Waals surface area contributed by atoms with E-state index in [9.17, 15) is 4.79 Å². The molecule has 1 aliphatic heterocycles. The molecule has 0 radical (unpaired) electrons. The number of aromatic nitrogens is 2. The number of anilines is 1. The van der Waals surface area contributed by atoms with Crippen LogP contribution in [0, 0.1) is 5.92 Å². The first-order chi connectivity index (χ1) is 12.7. The molecule has 7 nitrogen and oxygen atoms in total. The lowest BCUT2D eigenvalue weighted by Crippen LogP contribution is -2.39. The van der Waals surface area contributed by atoms with E-state index in [-0.39, 0.29) is 11.7 Å². The third-order valence-electron chi connectivity index (χ3n) is 4.62. The van der Waals surface area contributed by atoms with E-state index in [0.29, 0.717) is 29.5 Å². The number of hydrogen-bond donors (Lipinski definition) is 0. The molecule has 7 heteroatoms. The van der Waals surface area contributed by atoms with Crippen LogP contribution >= 0.6 is 0 Å². The Balaban J connectivity index is 1.77. The van der Waals surface area contributed by atoms with E-state index in [0.717, 1.165) is 25.2 Å². The second kappa shape index (κ2) is 8.03. The van der Waals surface area contributed by atoms with Crippen molar-refractivity contribution in [2.24, 2.45) is 5.92 Å². The third-order valence-corrected chi connectivity index (χ3v) is 4.62. The van der Waals surface area contributed by atoms with E-state index >= 15 is 0 Å². The van der Waals surface area contributed by atoms with Crippen LogP contribution in [0.3, 0.4) is 0 Å². The molecule has 0 unspecified atom stereocenters. The summed E-state index contributed by atoms with van der Waals surface area (Å²) in [6.07, 6.45) is 3.26. The maximum absolute atomic E-state index is 13.0. The van der Waals surface area contributed by atoms with Crippen LogP contribution in [-0.2, 0) is 0 Å². The number of carbonyl (C=O) groups is 1. The van der Waals surface area contributed by atoms with Crippen molar-refractivity contribution in [3.63, 3.8) is 0 Å². The summed E-state index contributed by atoms with van der Waals surface area (Å²) >= 11 is 0. The molecule has 1 aromatic carbocycles. The maximum atomic E-state index is 13.0. The normalized spacial score (nSPS) is 16.9. The molecular formula is C19H23N3O4. The molecule has 1 fully saturated rings. The van der Waals surface area contributed by atoms with Gasteiger partial charge in [-0.1, -0.05) is 0 Å². The molecule has 1 atom stereocenters. The lowest BCUT2D eigenvalue weighted by molar-refractivity contribution is 0.0906. The highest BCUT2D eigenvalue weighted by molar-refractivity contribution is 5.98. The Morgan fingerprint density at radius 3 is 2.62 bits per heavy atom. The van der Waals surface area contributed by atoms with Gasteiger partial charge in [0, 0.05) is 30.6 Å². The van der Waals surface area contributed by atoms with Crippen LogP contribution in [0.1, 0.15) is 23.2 Å². The molecule has 26 heavy (non-hydrogen) atoms. The van der Waals surface area contributed by atoms with Crippen molar-refractivity contribution in [1.29, 1.82) is 0 Å². The largest absolute Gasteiger partial charge is 0.493 e. The SMILES string of the molecule is COc1cc(N2CCC[C@@H](C(=O)c3ccc(OC)c(OC)c3)C2)ncn1. The molecule has 2 aromatic rings. The van der Waals surface area contributed by atoms with Crippen LogP contribution < -0.4 is 19.1 Å². The van der Waals surface area contributed by atoms with Crippen LogP contribution in [0.4, 0.5) is 5.82 Å². The molecule has 0 saturated carbocycles. The smallest absolute Gasteiger partial charge is 0.218 e. The Labute approximate surface area is 152 Å². The summed E-state index contributed by atoms with van der Waals surface area (Å²) in [4.78, 5) is 23.4. The number of ketones is 1. The molecule has 2 heterocycles. The van der Waals surface area contributed by atoms with Crippen LogP contribution in [0.25, 0.3) is 0 Å². The summed E-state index contributed by atoms with van der Waals surface area (Å²) in [5.74, 6) is 2.48. The minimum atomic E-state index is -0.0946. The van der Waals surface area contributed by atoms with E-state index in [1.54, 1.807) is 45.6 Å². The predicted octanol–water partition coefficient (Wildman–Crippen LogP) is 2.60. The van der Waals surface area contributed by atoms with Gasteiger partial charge >= 0.3 is 0 Å². The molecule has 0 spiro atoms. The van der Waals surface area contributed by atoms with Crippen LogP contribution in [0.2, 0.25) is 0 Å². The van der Waals surface area contributed by atoms with Gasteiger partial charge in [0.15, 0.2) is 17.3 Å². The Morgan fingerprint density at radius 1 is 1.08 bits per heavy atom. The number of benzene rings is 1. The average molecular weight is 357 g/mol. The molecular weight excluding hydrogens is 334 g/mol. The first kappa shape index (κ1) is 18.0. The topological polar surface area (TPSA) is 73.8 Å². The van der Waals surface area contributed by atoms with Gasteiger partial charge in [-0.05, 0) is 31.0 Å². The average Bonchev–Trinajstić information content (AvgIpc) is 2.72. The van der Waals surface area contributed by atoms with Gasteiger partial charge in [-0.25, -0.2) is 9.97 Å². The molecule has 0 bridgehead atoms. The fourth-order valence-corrected chi connectivity index (χ4v) is 3.24. The van der Waals surface area contributed by atoms with E-state index < -0.39 is 0 Å². The quantitative estimate of drug-likeness (QED) is 0.736. The van der Waals surface area contributed by atoms with Gasteiger partial charge in [0.2, 0.25) is 5.88 Å². The zero-order valence-electron chi connectivity index (χ0n) is 15.3. The highest BCUT2D eigenvalue weighted by Gasteiger charge is 2.28. The van der Waals surface area contributed by atoms with Gasteiger partial charge < -0.3 is 19.1 Å². The number of carbonyl (C=O) groups excluding carboxylic acids is 1. The summed E-state index contributed by atoms with van der Waals surface area (Å²) in [7, 11) is 4.72. The lowest BCUT2D eigenvalue weighted by Gasteiger charge is -2.32. The standard InChI is InChI=1S/C19H23N3O4/c1-24-15-7-6-13(9-16(15)25-2)19(23)14-5-4-8-22(11-14)17-10-18(26-3)21-12-20-17/h6-7,9-10,12,14H,4-5,8,11H2,1-3H3/t14-/m1/s1. The number of piperidine rings is 1. The van der Waals surface area contributed by atoms with Crippen LogP contribution in [-0.4, -0.2) is 50.2 Å². The van der Waals surface area contributed by atoms with Crippen molar-refractivity contribution in [1.82, 2.24) is 9.97 Å². The van der Waals surface area contributed by atoms with Crippen molar-refractivity contribution in [3.8, 4) is 17.4 Å². The minimum Gasteiger partial charge on any atom is -0.493 e. The maximum Gasteiger partial charge on any atom is 0.218 e. The number of methoxy groups -OCH3 is 3. The highest BCUT2D eigenvalue weighted by Crippen LogP contribution is 2.30. The lowest BCUT2D eigenvalue weighted by atomic mass is 9.90. The third kappa shape index (κ3) is 3.71. The minimum absolute atomic E-state index is 0.0946. The fourth-order valence-electron chi connectivity index (χ4n) is 3.24. The Morgan fingerprint density at radius 2 is 1.88 bits per heavy atom. The van der Waals surface area contributed by atoms with Gasteiger partial charge in [0.05, 0.1) is 21.3 Å². The molecule has 0 amide bonds. The van der Waals surface area contributed by atoms with Gasteiger partial charge in [-0.15, -0.1) is 0 Å². The van der Waals surface area contributed by atoms with Crippen molar-refractivity contribution in [2.45, 2.75) is 12.8 Å². The van der Waals surface area contributed by atoms with E-state index in [1.165, 1.54) is 6.33 Å². The number of hydrogen-bond acceptors (Lipinski definition) is 7. The first-order valence-electron chi connectivity index (χ1n) is 8.53. The summed E-state index contributed by atoms with van der Waals surface area (Å²) in [5, 5.41) is 0. The monoisotopic (exact) mass is 357 g/mol. The summed E-state index contributed by atoms with van der Waals surface area (Å²) in [6, 6.07) is 7.09. The second-order valence-electron chi connectivity index (χ2n) is 6.14. The zero-order valence-corrected chi connectivity index (χ0v) is 15.3. The summed E-state index contributed by atoms with van der Waals surface area (Å²) in [5.41, 5.74) is 0.634. The molecule has 0 N–H and O–H groups in total. The molecule has 0 aliphatic carbocycles. The van der Waals surface area contributed by atoms with E-state index in [1.807, 2.05) is 0 Å². The number of rotatable bonds is 6. The molecule has 1 aromatic heterocycles. The number of nitrogens with zero attached hydrogens (tertiary/aromatic N) is 3. The molecule has 1 aliphatic rings.